The Labute approximate surface area is 104 Å². The predicted octanol–water partition coefficient (Wildman–Crippen LogP) is 2.99. The molecule has 0 aromatic carbocycles. The lowest BCUT2D eigenvalue weighted by Crippen LogP contribution is -2.08. The van der Waals surface area contributed by atoms with Gasteiger partial charge in [-0.1, -0.05) is 69.9 Å². The van der Waals surface area contributed by atoms with Crippen LogP contribution in [0.4, 0.5) is 0 Å². The van der Waals surface area contributed by atoms with Gasteiger partial charge in [0.25, 0.3) is 0 Å². The summed E-state index contributed by atoms with van der Waals surface area (Å²) < 4.78 is 0. The van der Waals surface area contributed by atoms with Crippen molar-refractivity contribution in [2.75, 3.05) is 0 Å². The van der Waals surface area contributed by atoms with E-state index < -0.39 is 0 Å². The number of fused-ring (bicyclic) bond motifs is 1. The van der Waals surface area contributed by atoms with Gasteiger partial charge in [-0.15, -0.1) is 0 Å². The van der Waals surface area contributed by atoms with Crippen LogP contribution >= 0.6 is 0 Å². The summed E-state index contributed by atoms with van der Waals surface area (Å²) in [7, 11) is 5.16. The second-order valence-corrected chi connectivity index (χ2v) is 8.07. The summed E-state index contributed by atoms with van der Waals surface area (Å²) >= 11 is 0. The molecule has 0 aromatic rings. The largest absolute Gasteiger partial charge is 0.109 e. The molecule has 0 aromatic heterocycles. The summed E-state index contributed by atoms with van der Waals surface area (Å²) in [5.74, 6) is 0.998. The van der Waals surface area contributed by atoms with Gasteiger partial charge in [-0.3, -0.25) is 0 Å². The van der Waals surface area contributed by atoms with Crippen molar-refractivity contribution in [2.45, 2.75) is 76.3 Å². The molecular formula is C14H28B2. The number of rotatable bonds is 1. The summed E-state index contributed by atoms with van der Waals surface area (Å²) in [5, 5.41) is 1.36. The van der Waals surface area contributed by atoms with E-state index in [1.807, 2.05) is 0 Å². The van der Waals surface area contributed by atoms with Crippen LogP contribution in [-0.4, -0.2) is 15.7 Å². The maximum Gasteiger partial charge on any atom is 0.109 e. The van der Waals surface area contributed by atoms with E-state index in [2.05, 4.69) is 36.5 Å². The van der Waals surface area contributed by atoms with Crippen LogP contribution < -0.4 is 0 Å². The van der Waals surface area contributed by atoms with Crippen LogP contribution in [0.15, 0.2) is 0 Å². The van der Waals surface area contributed by atoms with Gasteiger partial charge in [0, 0.05) is 0 Å². The third-order valence-corrected chi connectivity index (χ3v) is 5.72. The molecule has 0 amide bonds. The van der Waals surface area contributed by atoms with Gasteiger partial charge in [0.1, 0.15) is 15.7 Å². The molecule has 16 heavy (non-hydrogen) atoms. The average molecular weight is 218 g/mol. The topological polar surface area (TPSA) is 0 Å². The van der Waals surface area contributed by atoms with Gasteiger partial charge in [0.15, 0.2) is 0 Å². The van der Waals surface area contributed by atoms with Crippen LogP contribution in [0.2, 0.25) is 10.6 Å². The summed E-state index contributed by atoms with van der Waals surface area (Å²) in [4.78, 5) is 0. The van der Waals surface area contributed by atoms with E-state index in [-0.39, 0.29) is 0 Å². The molecule has 2 atom stereocenters. The lowest BCUT2D eigenvalue weighted by molar-refractivity contribution is 0.338. The van der Waals surface area contributed by atoms with E-state index in [4.69, 9.17) is 0 Å². The lowest BCUT2D eigenvalue weighted by Gasteiger charge is -2.21. The van der Waals surface area contributed by atoms with Crippen LogP contribution in [0.5, 0.6) is 0 Å². The lowest BCUT2D eigenvalue weighted by atomic mass is 9.62. The third kappa shape index (κ3) is 1.97. The van der Waals surface area contributed by atoms with E-state index in [1.54, 1.807) is 0 Å². The van der Waals surface area contributed by atoms with Crippen molar-refractivity contribution in [2.24, 2.45) is 11.3 Å². The second kappa shape index (κ2) is 3.82. The molecule has 2 saturated carbocycles. The molecule has 0 spiro atoms. The molecule has 2 aliphatic carbocycles. The molecule has 0 nitrogen and oxygen atoms in total. The first-order valence-corrected chi connectivity index (χ1v) is 7.30. The van der Waals surface area contributed by atoms with Crippen LogP contribution in [0, 0.1) is 11.3 Å². The van der Waals surface area contributed by atoms with Crippen LogP contribution in [0.3, 0.4) is 0 Å². The highest BCUT2D eigenvalue weighted by molar-refractivity contribution is 6.32. The van der Waals surface area contributed by atoms with Crippen LogP contribution in [-0.2, 0) is 0 Å². The van der Waals surface area contributed by atoms with Crippen LogP contribution in [0.25, 0.3) is 0 Å². The van der Waals surface area contributed by atoms with Gasteiger partial charge < -0.3 is 0 Å². The zero-order chi connectivity index (χ0) is 12.0. The van der Waals surface area contributed by atoms with Gasteiger partial charge in [0.2, 0.25) is 0 Å². The smallest absolute Gasteiger partial charge is 0.0602 e. The van der Waals surface area contributed by atoms with Crippen molar-refractivity contribution in [3.05, 3.63) is 0 Å². The molecule has 2 heteroatoms. The SMILES string of the molecule is BC12CCCCCCC1(B)C2CC(C)(C)C. The second-order valence-electron chi connectivity index (χ2n) is 8.07. The molecule has 0 N–H and O–H groups in total. The van der Waals surface area contributed by atoms with Gasteiger partial charge in [-0.25, -0.2) is 0 Å². The Balaban J connectivity index is 2.10. The van der Waals surface area contributed by atoms with Gasteiger partial charge >= 0.3 is 0 Å². The molecule has 0 saturated heterocycles. The fourth-order valence-corrected chi connectivity index (χ4v) is 4.39. The van der Waals surface area contributed by atoms with Crippen molar-refractivity contribution < 1.29 is 0 Å². The molecule has 2 aliphatic rings. The fraction of sp³-hybridized carbons (Fsp3) is 1.00. The summed E-state index contributed by atoms with van der Waals surface area (Å²) in [6, 6.07) is 0. The number of hydrogen-bond donors (Lipinski definition) is 0. The summed E-state index contributed by atoms with van der Waals surface area (Å²) in [6.45, 7) is 7.23. The fourth-order valence-electron chi connectivity index (χ4n) is 4.39. The quantitative estimate of drug-likeness (QED) is 0.593. The first kappa shape index (κ1) is 12.6. The van der Waals surface area contributed by atoms with Crippen LogP contribution in [0.1, 0.15) is 65.7 Å². The standard InChI is InChI=1S/C14H28B2/c1-12(2,3)10-11-13(15)8-6-4-5-7-9-14(11,13)16/h11H,4-10,15-16H2,1-3H3. The summed E-state index contributed by atoms with van der Waals surface area (Å²) in [6.07, 6.45) is 10.3. The van der Waals surface area contributed by atoms with E-state index in [9.17, 15) is 0 Å². The van der Waals surface area contributed by atoms with Crippen molar-refractivity contribution in [1.82, 2.24) is 0 Å². The molecule has 90 valence electrons. The van der Waals surface area contributed by atoms with E-state index in [0.717, 1.165) is 5.92 Å². The molecule has 0 bridgehead atoms. The molecule has 2 fully saturated rings. The minimum absolute atomic E-state index is 0.512. The van der Waals surface area contributed by atoms with E-state index in [1.165, 1.54) is 44.9 Å². The van der Waals surface area contributed by atoms with E-state index in [0.29, 0.717) is 16.0 Å². The molecule has 2 unspecified atom stereocenters. The van der Waals surface area contributed by atoms with Gasteiger partial charge in [0.05, 0.1) is 0 Å². The van der Waals surface area contributed by atoms with Crippen molar-refractivity contribution >= 4 is 15.7 Å². The predicted molar refractivity (Wildman–Crippen MR) is 77.7 cm³/mol. The highest BCUT2D eigenvalue weighted by Crippen LogP contribution is 2.84. The zero-order valence-corrected chi connectivity index (χ0v) is 12.0. The Hall–Kier alpha value is 0.130. The minimum Gasteiger partial charge on any atom is -0.0602 e. The van der Waals surface area contributed by atoms with E-state index >= 15 is 0 Å². The molecule has 2 rings (SSSR count). The molecule has 0 radical (unpaired) electrons. The maximum atomic E-state index is 2.58. The first-order chi connectivity index (χ1) is 7.30. The average Bonchev–Trinajstić information content (AvgIpc) is 2.52. The van der Waals surface area contributed by atoms with Gasteiger partial charge in [-0.2, -0.15) is 0 Å². The zero-order valence-electron chi connectivity index (χ0n) is 12.0. The Kier molecular flexibility index (Phi) is 3.00. The Morgan fingerprint density at radius 2 is 1.38 bits per heavy atom. The van der Waals surface area contributed by atoms with Crippen molar-refractivity contribution in [3.8, 4) is 0 Å². The monoisotopic (exact) mass is 218 g/mol. The molecular weight excluding hydrogens is 190 g/mol. The van der Waals surface area contributed by atoms with Gasteiger partial charge in [-0.05, 0) is 17.8 Å². The Bertz CT molecular complexity index is 248. The Morgan fingerprint density at radius 1 is 0.938 bits per heavy atom. The third-order valence-electron chi connectivity index (χ3n) is 5.72. The highest BCUT2D eigenvalue weighted by atomic mass is 14.7. The molecule has 0 aliphatic heterocycles. The number of hydrogen-bond acceptors (Lipinski definition) is 0. The normalized spacial score (nSPS) is 44.3. The summed E-state index contributed by atoms with van der Waals surface area (Å²) in [5.41, 5.74) is 0.512. The Morgan fingerprint density at radius 3 is 1.75 bits per heavy atom. The van der Waals surface area contributed by atoms with Crippen molar-refractivity contribution in [1.29, 1.82) is 0 Å². The highest BCUT2D eigenvalue weighted by Gasteiger charge is 2.68. The maximum absolute atomic E-state index is 2.58. The molecule has 0 heterocycles. The van der Waals surface area contributed by atoms with Crippen molar-refractivity contribution in [3.63, 3.8) is 0 Å². The minimum atomic E-state index is 0.512. The first-order valence-electron chi connectivity index (χ1n) is 7.30.